The molecule has 3 aliphatic carbocycles. The van der Waals surface area contributed by atoms with E-state index in [1.54, 1.807) is 25.6 Å². The first-order chi connectivity index (χ1) is 6.69. The van der Waals surface area contributed by atoms with Crippen molar-refractivity contribution in [3.8, 4) is 0 Å². The van der Waals surface area contributed by atoms with Gasteiger partial charge in [0.25, 0.3) is 0 Å². The molecule has 6 unspecified atom stereocenters. The zero-order chi connectivity index (χ0) is 9.29. The predicted octanol–water partition coefficient (Wildman–Crippen LogP) is 3.32. The summed E-state index contributed by atoms with van der Waals surface area (Å²) in [6.45, 7) is 6.41. The molecular weight excluding hydrogens is 167 g/mol. The fourth-order valence-corrected chi connectivity index (χ4v) is 7.96. The van der Waals surface area contributed by atoms with Gasteiger partial charge in [-0.25, -0.2) is 0 Å². The molecule has 0 aromatic rings. The van der Waals surface area contributed by atoms with E-state index in [4.69, 9.17) is 0 Å². The maximum atomic E-state index is 2.65. The maximum absolute atomic E-state index is 2.65. The summed E-state index contributed by atoms with van der Waals surface area (Å²) < 4.78 is 0. The molecular formula is C13H19B. The Morgan fingerprint density at radius 2 is 2.14 bits per heavy atom. The Kier molecular flexibility index (Phi) is 0.861. The summed E-state index contributed by atoms with van der Waals surface area (Å²) >= 11 is 0. The molecule has 0 amide bonds. The van der Waals surface area contributed by atoms with Crippen LogP contribution in [-0.4, -0.2) is 6.71 Å². The second-order valence-corrected chi connectivity index (χ2v) is 7.42. The van der Waals surface area contributed by atoms with Crippen LogP contribution in [0.2, 0.25) is 18.0 Å². The second kappa shape index (κ2) is 1.64. The number of hydrogen-bond donors (Lipinski definition) is 0. The lowest BCUT2D eigenvalue weighted by Gasteiger charge is -2.54. The van der Waals surface area contributed by atoms with Crippen molar-refractivity contribution in [1.29, 1.82) is 0 Å². The molecule has 0 radical (unpaired) electrons. The molecule has 7 rings (SSSR count). The third kappa shape index (κ3) is 0.396. The van der Waals surface area contributed by atoms with Crippen LogP contribution in [0.5, 0.6) is 0 Å². The van der Waals surface area contributed by atoms with E-state index in [-0.39, 0.29) is 0 Å². The van der Waals surface area contributed by atoms with Crippen LogP contribution in [0.15, 0.2) is 0 Å². The van der Waals surface area contributed by atoms with Gasteiger partial charge in [0.15, 0.2) is 0 Å². The van der Waals surface area contributed by atoms with Crippen LogP contribution in [-0.2, 0) is 0 Å². The lowest BCUT2D eigenvalue weighted by atomic mass is 9.32. The van der Waals surface area contributed by atoms with Crippen LogP contribution in [0.3, 0.4) is 0 Å². The van der Waals surface area contributed by atoms with Crippen molar-refractivity contribution in [2.45, 2.75) is 51.1 Å². The summed E-state index contributed by atoms with van der Waals surface area (Å²) in [4.78, 5) is 0. The van der Waals surface area contributed by atoms with Crippen molar-refractivity contribution < 1.29 is 0 Å². The van der Waals surface area contributed by atoms with Gasteiger partial charge in [-0.3, -0.25) is 0 Å². The van der Waals surface area contributed by atoms with Gasteiger partial charge < -0.3 is 0 Å². The number of rotatable bonds is 0. The summed E-state index contributed by atoms with van der Waals surface area (Å²) in [5.74, 6) is 5.85. The molecule has 4 saturated heterocycles. The molecule has 7 bridgehead atoms. The van der Waals surface area contributed by atoms with Gasteiger partial charge in [-0.1, -0.05) is 44.6 Å². The Balaban J connectivity index is 1.86. The van der Waals surface area contributed by atoms with Crippen LogP contribution in [0.25, 0.3) is 0 Å². The molecule has 1 heteroatoms. The standard InChI is InChI=1S/C13H19B/c1-7-13-6-12(2)8-3-4-14(7)10(11(12)13)5-9(8)13/h7-11H,3-6H2,1-2H3/t7?,8?,9?,10-,11?,12?,13?/m0/s1. The zero-order valence-electron chi connectivity index (χ0n) is 9.29. The van der Waals surface area contributed by atoms with Crippen LogP contribution in [0.1, 0.15) is 33.1 Å². The van der Waals surface area contributed by atoms with Crippen molar-refractivity contribution in [2.24, 2.45) is 28.6 Å². The Hall–Kier alpha value is 0.0649. The molecule has 4 heterocycles. The smallest absolute Gasteiger partial charge is 0.0734 e. The monoisotopic (exact) mass is 186 g/mol. The summed E-state index contributed by atoms with van der Waals surface area (Å²) in [5, 5.41) is 0. The largest absolute Gasteiger partial charge is 0.147 e. The Labute approximate surface area is 86.9 Å². The minimum absolute atomic E-state index is 0.840. The van der Waals surface area contributed by atoms with E-state index < -0.39 is 0 Å². The van der Waals surface area contributed by atoms with Crippen LogP contribution < -0.4 is 0 Å². The average Bonchev–Trinajstić information content (AvgIpc) is 2.53. The first-order valence-electron chi connectivity index (χ1n) is 6.69. The average molecular weight is 186 g/mol. The van der Waals surface area contributed by atoms with Crippen LogP contribution in [0, 0.1) is 28.6 Å². The van der Waals surface area contributed by atoms with Crippen LogP contribution >= 0.6 is 0 Å². The summed E-state index contributed by atoms with van der Waals surface area (Å²) in [7, 11) is 0. The molecule has 7 fully saturated rings. The Morgan fingerprint density at radius 1 is 1.29 bits per heavy atom. The van der Waals surface area contributed by atoms with Gasteiger partial charge in [0.05, 0.1) is 0 Å². The minimum atomic E-state index is 0.840. The molecule has 7 atom stereocenters. The molecule has 4 aliphatic heterocycles. The highest BCUT2D eigenvalue weighted by atomic mass is 14.9. The Morgan fingerprint density at radius 3 is 2.93 bits per heavy atom. The fraction of sp³-hybridized carbons (Fsp3) is 1.00. The third-order valence-corrected chi connectivity index (χ3v) is 7.80. The molecule has 0 nitrogen and oxygen atoms in total. The zero-order valence-corrected chi connectivity index (χ0v) is 9.29. The first kappa shape index (κ1) is 7.36. The van der Waals surface area contributed by atoms with Crippen LogP contribution in [0.4, 0.5) is 0 Å². The molecule has 7 aliphatic rings. The normalized spacial score (nSPS) is 75.9. The quantitative estimate of drug-likeness (QED) is 0.509. The fourth-order valence-electron chi connectivity index (χ4n) is 7.96. The molecule has 0 aromatic heterocycles. The van der Waals surface area contributed by atoms with Crippen molar-refractivity contribution in [3.63, 3.8) is 0 Å². The highest BCUT2D eigenvalue weighted by Gasteiger charge is 2.87. The van der Waals surface area contributed by atoms with Crippen molar-refractivity contribution in [2.75, 3.05) is 0 Å². The van der Waals surface area contributed by atoms with Gasteiger partial charge in [-0.15, -0.1) is 0 Å². The maximum Gasteiger partial charge on any atom is 0.147 e. The lowest BCUT2D eigenvalue weighted by Crippen LogP contribution is -2.46. The predicted molar refractivity (Wildman–Crippen MR) is 58.6 cm³/mol. The van der Waals surface area contributed by atoms with Gasteiger partial charge in [0, 0.05) is 0 Å². The summed E-state index contributed by atoms with van der Waals surface area (Å²) in [6, 6.07) is 0. The van der Waals surface area contributed by atoms with E-state index in [1.807, 2.05) is 0 Å². The minimum Gasteiger partial charge on any atom is -0.0734 e. The van der Waals surface area contributed by atoms with Gasteiger partial charge in [-0.05, 0) is 35.0 Å². The van der Waals surface area contributed by atoms with Crippen molar-refractivity contribution >= 4 is 6.71 Å². The molecule has 74 valence electrons. The van der Waals surface area contributed by atoms with E-state index in [0.29, 0.717) is 0 Å². The number of hydrogen-bond acceptors (Lipinski definition) is 0. The van der Waals surface area contributed by atoms with E-state index in [1.165, 1.54) is 23.6 Å². The molecule has 0 N–H and O–H groups in total. The van der Waals surface area contributed by atoms with E-state index in [2.05, 4.69) is 13.8 Å². The van der Waals surface area contributed by atoms with Gasteiger partial charge in [-0.2, -0.15) is 0 Å². The second-order valence-electron chi connectivity index (χ2n) is 7.42. The molecule has 14 heavy (non-hydrogen) atoms. The SMILES string of the molecule is CC1B2CCC3C4C[C@H]2C2C3(C)CC142. The van der Waals surface area contributed by atoms with Gasteiger partial charge >= 0.3 is 0 Å². The van der Waals surface area contributed by atoms with Crippen molar-refractivity contribution in [3.05, 3.63) is 0 Å². The van der Waals surface area contributed by atoms with Gasteiger partial charge in [0.1, 0.15) is 6.71 Å². The topological polar surface area (TPSA) is 0 Å². The van der Waals surface area contributed by atoms with E-state index in [9.17, 15) is 0 Å². The Bertz CT molecular complexity index is 351. The highest BCUT2D eigenvalue weighted by molar-refractivity contribution is 6.64. The third-order valence-electron chi connectivity index (χ3n) is 7.80. The summed E-state index contributed by atoms with van der Waals surface area (Å²) in [6.07, 6.45) is 6.49. The van der Waals surface area contributed by atoms with E-state index in [0.717, 1.165) is 23.4 Å². The van der Waals surface area contributed by atoms with Gasteiger partial charge in [0.2, 0.25) is 0 Å². The molecule has 0 aromatic carbocycles. The van der Waals surface area contributed by atoms with E-state index >= 15 is 0 Å². The van der Waals surface area contributed by atoms with Crippen molar-refractivity contribution in [1.82, 2.24) is 0 Å². The molecule has 1 spiro atoms. The lowest BCUT2D eigenvalue weighted by molar-refractivity contribution is -0.0350. The summed E-state index contributed by atoms with van der Waals surface area (Å²) in [5.41, 5.74) is 1.75. The highest BCUT2D eigenvalue weighted by Crippen LogP contribution is 2.94. The first-order valence-corrected chi connectivity index (χ1v) is 6.69. The molecule has 3 saturated carbocycles.